The highest BCUT2D eigenvalue weighted by atomic mass is 35.5. The van der Waals surface area contributed by atoms with E-state index in [9.17, 15) is 9.59 Å². The van der Waals surface area contributed by atoms with E-state index in [0.29, 0.717) is 6.54 Å². The van der Waals surface area contributed by atoms with E-state index in [1.54, 1.807) is 0 Å². The number of hydrogen-bond donors (Lipinski definition) is 3. The minimum Gasteiger partial charge on any atom is -0.355 e. The third-order valence-electron chi connectivity index (χ3n) is 5.61. The van der Waals surface area contributed by atoms with Gasteiger partial charge in [0.15, 0.2) is 0 Å². The number of carbonyl (C=O) groups is 2. The van der Waals surface area contributed by atoms with Crippen LogP contribution in [0.1, 0.15) is 50.7 Å². The lowest BCUT2D eigenvalue weighted by Crippen LogP contribution is -2.47. The molecule has 2 atom stereocenters. The van der Waals surface area contributed by atoms with Crippen molar-refractivity contribution in [1.82, 2.24) is 5.32 Å². The molecule has 2 amide bonds. The molecular formula is C20H32ClN3O2. The summed E-state index contributed by atoms with van der Waals surface area (Å²) in [5.74, 6) is -0.344. The Hall–Kier alpha value is -1.59. The van der Waals surface area contributed by atoms with Crippen LogP contribution in [-0.4, -0.2) is 24.4 Å². The topological polar surface area (TPSA) is 84.2 Å². The Kier molecular flexibility index (Phi) is 8.10. The molecule has 0 aliphatic heterocycles. The van der Waals surface area contributed by atoms with Crippen LogP contribution in [0.2, 0.25) is 0 Å². The monoisotopic (exact) mass is 381 g/mol. The van der Waals surface area contributed by atoms with Crippen molar-refractivity contribution in [3.63, 3.8) is 0 Å². The largest absolute Gasteiger partial charge is 0.355 e. The maximum absolute atomic E-state index is 13.0. The Labute approximate surface area is 162 Å². The Balaban J connectivity index is 0.00000338. The van der Waals surface area contributed by atoms with Gasteiger partial charge in [-0.25, -0.2) is 0 Å². The summed E-state index contributed by atoms with van der Waals surface area (Å²) in [6.45, 7) is 8.10. The quantitative estimate of drug-likeness (QED) is 0.706. The molecule has 1 aliphatic carbocycles. The average molecular weight is 382 g/mol. The summed E-state index contributed by atoms with van der Waals surface area (Å²) in [7, 11) is 0. The molecule has 146 valence electrons. The molecule has 0 spiro atoms. The van der Waals surface area contributed by atoms with Crippen molar-refractivity contribution >= 4 is 29.9 Å². The van der Waals surface area contributed by atoms with Gasteiger partial charge in [-0.05, 0) is 56.9 Å². The molecule has 1 fully saturated rings. The van der Waals surface area contributed by atoms with Gasteiger partial charge in [0.1, 0.15) is 0 Å². The molecule has 26 heavy (non-hydrogen) atoms. The first-order chi connectivity index (χ1) is 11.7. The normalized spacial score (nSPS) is 17.7. The molecule has 5 nitrogen and oxygen atoms in total. The fourth-order valence-corrected chi connectivity index (χ4v) is 3.27. The summed E-state index contributed by atoms with van der Waals surface area (Å²) in [6, 6.07) is 5.73. The number of anilines is 1. The third kappa shape index (κ3) is 5.21. The van der Waals surface area contributed by atoms with Gasteiger partial charge < -0.3 is 16.4 Å². The zero-order chi connectivity index (χ0) is 18.6. The van der Waals surface area contributed by atoms with Crippen LogP contribution < -0.4 is 16.4 Å². The first-order valence-corrected chi connectivity index (χ1v) is 9.17. The molecule has 0 bridgehead atoms. The van der Waals surface area contributed by atoms with Crippen LogP contribution in [-0.2, 0) is 9.59 Å². The highest BCUT2D eigenvalue weighted by molar-refractivity contribution is 5.96. The van der Waals surface area contributed by atoms with E-state index < -0.39 is 5.41 Å². The van der Waals surface area contributed by atoms with Gasteiger partial charge in [0, 0.05) is 24.2 Å². The van der Waals surface area contributed by atoms with E-state index >= 15 is 0 Å². The second kappa shape index (κ2) is 9.38. The van der Waals surface area contributed by atoms with Gasteiger partial charge >= 0.3 is 0 Å². The van der Waals surface area contributed by atoms with E-state index in [0.717, 1.165) is 36.9 Å². The lowest BCUT2D eigenvalue weighted by molar-refractivity contribution is -0.128. The second-order valence-electron chi connectivity index (χ2n) is 7.61. The SMILES string of the molecule is Cc1ccc(NC(=O)C2(CNC(=O)C(C)C(C)N)CCCC2)cc1C.Cl. The molecule has 1 saturated carbocycles. The molecule has 4 N–H and O–H groups in total. The summed E-state index contributed by atoms with van der Waals surface area (Å²) in [6.07, 6.45) is 3.63. The van der Waals surface area contributed by atoms with E-state index in [-0.39, 0.29) is 36.2 Å². The minimum absolute atomic E-state index is 0. The van der Waals surface area contributed by atoms with E-state index in [1.165, 1.54) is 5.56 Å². The summed E-state index contributed by atoms with van der Waals surface area (Å²) in [5.41, 5.74) is 8.44. The smallest absolute Gasteiger partial charge is 0.232 e. The summed E-state index contributed by atoms with van der Waals surface area (Å²) in [4.78, 5) is 25.2. The highest BCUT2D eigenvalue weighted by Gasteiger charge is 2.41. The van der Waals surface area contributed by atoms with Crippen LogP contribution >= 0.6 is 12.4 Å². The van der Waals surface area contributed by atoms with Crippen molar-refractivity contribution in [3.05, 3.63) is 29.3 Å². The van der Waals surface area contributed by atoms with E-state index in [2.05, 4.69) is 17.6 Å². The molecular weight excluding hydrogens is 350 g/mol. The number of aryl methyl sites for hydroxylation is 2. The zero-order valence-corrected chi connectivity index (χ0v) is 17.0. The summed E-state index contributed by atoms with van der Waals surface area (Å²) in [5, 5.41) is 6.01. The molecule has 6 heteroatoms. The van der Waals surface area contributed by atoms with Gasteiger partial charge in [-0.2, -0.15) is 0 Å². The van der Waals surface area contributed by atoms with Crippen molar-refractivity contribution in [2.75, 3.05) is 11.9 Å². The first-order valence-electron chi connectivity index (χ1n) is 9.17. The number of benzene rings is 1. The predicted molar refractivity (Wildman–Crippen MR) is 109 cm³/mol. The fourth-order valence-electron chi connectivity index (χ4n) is 3.27. The molecule has 0 heterocycles. The second-order valence-corrected chi connectivity index (χ2v) is 7.61. The standard InChI is InChI=1S/C20H31N3O2.ClH/c1-13-7-8-17(11-14(13)2)23-19(25)20(9-5-6-10-20)12-22-18(24)15(3)16(4)21;/h7-8,11,15-16H,5-6,9-10,12,21H2,1-4H3,(H,22,24)(H,23,25);1H. The lowest BCUT2D eigenvalue weighted by Gasteiger charge is -2.29. The van der Waals surface area contributed by atoms with E-state index in [4.69, 9.17) is 5.73 Å². The first kappa shape index (κ1) is 22.5. The average Bonchev–Trinajstić information content (AvgIpc) is 3.05. The number of nitrogens with two attached hydrogens (primary N) is 1. The van der Waals surface area contributed by atoms with Crippen molar-refractivity contribution in [2.24, 2.45) is 17.1 Å². The Morgan fingerprint density at radius 1 is 1.15 bits per heavy atom. The van der Waals surface area contributed by atoms with E-state index in [1.807, 2.05) is 39.0 Å². The number of hydrogen-bond acceptors (Lipinski definition) is 3. The van der Waals surface area contributed by atoms with Crippen LogP contribution in [0.15, 0.2) is 18.2 Å². The van der Waals surface area contributed by atoms with Crippen LogP contribution in [0.4, 0.5) is 5.69 Å². The number of rotatable bonds is 6. The van der Waals surface area contributed by atoms with Crippen molar-refractivity contribution in [2.45, 2.75) is 59.4 Å². The Bertz CT molecular complexity index is 640. The van der Waals surface area contributed by atoms with Crippen LogP contribution in [0, 0.1) is 25.2 Å². The summed E-state index contributed by atoms with van der Waals surface area (Å²) < 4.78 is 0. The molecule has 1 aromatic rings. The maximum Gasteiger partial charge on any atom is 0.232 e. The Morgan fingerprint density at radius 3 is 2.31 bits per heavy atom. The molecule has 1 aliphatic rings. The van der Waals surface area contributed by atoms with Crippen molar-refractivity contribution < 1.29 is 9.59 Å². The van der Waals surface area contributed by atoms with Gasteiger partial charge in [-0.3, -0.25) is 9.59 Å². The number of halogens is 1. The highest BCUT2D eigenvalue weighted by Crippen LogP contribution is 2.38. The van der Waals surface area contributed by atoms with Crippen LogP contribution in [0.3, 0.4) is 0 Å². The van der Waals surface area contributed by atoms with Crippen LogP contribution in [0.25, 0.3) is 0 Å². The zero-order valence-electron chi connectivity index (χ0n) is 16.2. The van der Waals surface area contributed by atoms with Crippen LogP contribution in [0.5, 0.6) is 0 Å². The van der Waals surface area contributed by atoms with Gasteiger partial charge in [-0.15, -0.1) is 12.4 Å². The molecule has 1 aromatic carbocycles. The van der Waals surface area contributed by atoms with Gasteiger partial charge in [0.25, 0.3) is 0 Å². The van der Waals surface area contributed by atoms with Gasteiger partial charge in [-0.1, -0.05) is 25.8 Å². The van der Waals surface area contributed by atoms with Gasteiger partial charge in [0.05, 0.1) is 5.41 Å². The molecule has 0 saturated heterocycles. The molecule has 0 aromatic heterocycles. The fraction of sp³-hybridized carbons (Fsp3) is 0.600. The number of carbonyl (C=O) groups excluding carboxylic acids is 2. The molecule has 2 unspecified atom stereocenters. The number of nitrogens with one attached hydrogen (secondary N) is 2. The molecule has 0 radical (unpaired) electrons. The third-order valence-corrected chi connectivity index (χ3v) is 5.61. The van der Waals surface area contributed by atoms with Crippen molar-refractivity contribution in [1.29, 1.82) is 0 Å². The number of amides is 2. The van der Waals surface area contributed by atoms with Crippen molar-refractivity contribution in [3.8, 4) is 0 Å². The minimum atomic E-state index is -0.522. The predicted octanol–water partition coefficient (Wildman–Crippen LogP) is 3.32. The van der Waals surface area contributed by atoms with Gasteiger partial charge in [0.2, 0.25) is 11.8 Å². The molecule has 2 rings (SSSR count). The summed E-state index contributed by atoms with van der Waals surface area (Å²) >= 11 is 0. The lowest BCUT2D eigenvalue weighted by atomic mass is 9.84. The Morgan fingerprint density at radius 2 is 1.77 bits per heavy atom. The maximum atomic E-state index is 13.0.